The third-order valence-corrected chi connectivity index (χ3v) is 3.48. The zero-order valence-corrected chi connectivity index (χ0v) is 11.3. The van der Waals surface area contributed by atoms with Crippen molar-refractivity contribution >= 4 is 17.7 Å². The van der Waals surface area contributed by atoms with Crippen LogP contribution in [0.5, 0.6) is 0 Å². The zero-order chi connectivity index (χ0) is 12.7. The van der Waals surface area contributed by atoms with Crippen LogP contribution < -0.4 is 5.32 Å². The summed E-state index contributed by atoms with van der Waals surface area (Å²) in [6.45, 7) is 4.07. The van der Waals surface area contributed by atoms with Gasteiger partial charge in [-0.15, -0.1) is 5.10 Å². The van der Waals surface area contributed by atoms with Crippen molar-refractivity contribution < 1.29 is 4.79 Å². The lowest BCUT2D eigenvalue weighted by Crippen LogP contribution is -2.31. The molecule has 0 fully saturated rings. The van der Waals surface area contributed by atoms with Gasteiger partial charge in [0.1, 0.15) is 0 Å². The van der Waals surface area contributed by atoms with Crippen molar-refractivity contribution in [1.82, 2.24) is 25.5 Å². The van der Waals surface area contributed by atoms with Crippen molar-refractivity contribution in [3.63, 3.8) is 0 Å². The van der Waals surface area contributed by atoms with Crippen LogP contribution in [0.4, 0.5) is 0 Å². The van der Waals surface area contributed by atoms with Crippen LogP contribution >= 0.6 is 11.8 Å². The molecule has 0 radical (unpaired) electrons. The molecule has 1 aromatic rings. The molecule has 6 nitrogen and oxygen atoms in total. The summed E-state index contributed by atoms with van der Waals surface area (Å²) < 4.78 is 1.63. The summed E-state index contributed by atoms with van der Waals surface area (Å²) in [7, 11) is 1.80. The molecule has 0 spiro atoms. The number of thioether (sulfide) groups is 1. The molecule has 17 heavy (non-hydrogen) atoms. The van der Waals surface area contributed by atoms with Gasteiger partial charge in [-0.05, 0) is 30.2 Å². The lowest BCUT2D eigenvalue weighted by atomic mass is 10.2. The molecule has 0 aromatic carbocycles. The molecule has 0 aliphatic carbocycles. The van der Waals surface area contributed by atoms with Gasteiger partial charge in [0, 0.05) is 25.3 Å². The third-order valence-electron chi connectivity index (χ3n) is 2.38. The minimum absolute atomic E-state index is 0.121. The van der Waals surface area contributed by atoms with Gasteiger partial charge in [-0.3, -0.25) is 4.79 Å². The van der Waals surface area contributed by atoms with Gasteiger partial charge >= 0.3 is 0 Å². The van der Waals surface area contributed by atoms with Crippen LogP contribution in [-0.4, -0.2) is 37.9 Å². The monoisotopic (exact) mass is 257 g/mol. The van der Waals surface area contributed by atoms with Gasteiger partial charge in [0.15, 0.2) is 0 Å². The van der Waals surface area contributed by atoms with Gasteiger partial charge in [0.05, 0.1) is 0 Å². The van der Waals surface area contributed by atoms with E-state index in [4.69, 9.17) is 0 Å². The fraction of sp³-hybridized carbons (Fsp3) is 0.800. The predicted molar refractivity (Wildman–Crippen MR) is 66.7 cm³/mol. The Bertz CT molecular complexity index is 354. The van der Waals surface area contributed by atoms with Crippen LogP contribution in [0.15, 0.2) is 5.16 Å². The Morgan fingerprint density at radius 1 is 1.59 bits per heavy atom. The van der Waals surface area contributed by atoms with E-state index in [2.05, 4.69) is 27.8 Å². The lowest BCUT2D eigenvalue weighted by molar-refractivity contribution is -0.121. The first kappa shape index (κ1) is 14.0. The first-order valence-corrected chi connectivity index (χ1v) is 6.76. The fourth-order valence-electron chi connectivity index (χ4n) is 1.19. The average Bonchev–Trinajstić information content (AvgIpc) is 2.70. The molecule has 1 aromatic heterocycles. The number of tetrazole rings is 1. The molecule has 1 N–H and O–H groups in total. The maximum atomic E-state index is 11.5. The molecule has 1 rings (SSSR count). The first-order chi connectivity index (χ1) is 8.13. The summed E-state index contributed by atoms with van der Waals surface area (Å²) in [5.74, 6) is 0.971. The van der Waals surface area contributed by atoms with Crippen LogP contribution in [0.3, 0.4) is 0 Å². The van der Waals surface area contributed by atoms with Crippen LogP contribution in [0, 0.1) is 0 Å². The summed E-state index contributed by atoms with van der Waals surface area (Å²) in [6, 6.07) is 0.262. The number of nitrogens with zero attached hydrogens (tertiary/aromatic N) is 4. The largest absolute Gasteiger partial charge is 0.354 e. The Balaban J connectivity index is 2.12. The van der Waals surface area contributed by atoms with Crippen LogP contribution in [0.25, 0.3) is 0 Å². The smallest absolute Gasteiger partial charge is 0.220 e. The van der Waals surface area contributed by atoms with E-state index < -0.39 is 0 Å². The van der Waals surface area contributed by atoms with E-state index in [1.54, 1.807) is 23.5 Å². The number of aromatic nitrogens is 4. The number of nitrogens with one attached hydrogen (secondary N) is 1. The Morgan fingerprint density at radius 3 is 2.94 bits per heavy atom. The van der Waals surface area contributed by atoms with Gasteiger partial charge in [0.25, 0.3) is 0 Å². The number of rotatable bonds is 7. The molecule has 0 bridgehead atoms. The Kier molecular flexibility index (Phi) is 5.96. The fourth-order valence-corrected chi connectivity index (χ4v) is 1.98. The predicted octanol–water partition coefficient (Wildman–Crippen LogP) is 0.997. The first-order valence-electron chi connectivity index (χ1n) is 5.78. The molecule has 1 heterocycles. The highest BCUT2D eigenvalue weighted by Crippen LogP contribution is 2.14. The molecule has 0 saturated heterocycles. The lowest BCUT2D eigenvalue weighted by Gasteiger charge is -2.10. The quantitative estimate of drug-likeness (QED) is 0.582. The van der Waals surface area contributed by atoms with E-state index >= 15 is 0 Å². The van der Waals surface area contributed by atoms with E-state index in [0.29, 0.717) is 6.42 Å². The normalized spacial score (nSPS) is 12.4. The SMILES string of the molecule is CCC(C)NC(=O)CCCSc1nnnn1C. The molecule has 7 heteroatoms. The summed E-state index contributed by atoms with van der Waals surface area (Å²) in [6.07, 6.45) is 2.35. The minimum atomic E-state index is 0.121. The highest BCUT2D eigenvalue weighted by molar-refractivity contribution is 7.99. The van der Waals surface area contributed by atoms with Crippen molar-refractivity contribution in [3.8, 4) is 0 Å². The van der Waals surface area contributed by atoms with Gasteiger partial charge in [-0.2, -0.15) is 0 Å². The summed E-state index contributed by atoms with van der Waals surface area (Å²) >= 11 is 1.57. The van der Waals surface area contributed by atoms with E-state index in [9.17, 15) is 4.79 Å². The van der Waals surface area contributed by atoms with E-state index in [0.717, 1.165) is 23.8 Å². The second-order valence-electron chi connectivity index (χ2n) is 3.91. The molecular formula is C10H19N5OS. The number of carbonyl (C=O) groups excluding carboxylic acids is 1. The van der Waals surface area contributed by atoms with Gasteiger partial charge in [-0.1, -0.05) is 18.7 Å². The highest BCUT2D eigenvalue weighted by atomic mass is 32.2. The second kappa shape index (κ2) is 7.26. The number of carbonyl (C=O) groups is 1. The van der Waals surface area contributed by atoms with Crippen LogP contribution in [-0.2, 0) is 11.8 Å². The molecule has 1 atom stereocenters. The molecular weight excluding hydrogens is 238 g/mol. The molecule has 1 unspecified atom stereocenters. The van der Waals surface area contributed by atoms with Gasteiger partial charge < -0.3 is 5.32 Å². The Labute approximate surface area is 106 Å². The van der Waals surface area contributed by atoms with E-state index in [1.807, 2.05) is 6.92 Å². The highest BCUT2D eigenvalue weighted by Gasteiger charge is 2.06. The van der Waals surface area contributed by atoms with Gasteiger partial charge in [0.2, 0.25) is 11.1 Å². The van der Waals surface area contributed by atoms with Crippen molar-refractivity contribution in [2.45, 2.75) is 44.3 Å². The minimum Gasteiger partial charge on any atom is -0.354 e. The van der Waals surface area contributed by atoms with Crippen LogP contribution in [0.2, 0.25) is 0 Å². The van der Waals surface area contributed by atoms with Gasteiger partial charge in [-0.25, -0.2) is 4.68 Å². The molecule has 0 saturated carbocycles. The molecule has 1 amide bonds. The molecule has 96 valence electrons. The maximum absolute atomic E-state index is 11.5. The van der Waals surface area contributed by atoms with E-state index in [-0.39, 0.29) is 11.9 Å². The Hall–Kier alpha value is -1.11. The standard InChI is InChI=1S/C10H19N5OS/c1-4-8(2)11-9(16)6-5-7-17-10-12-13-14-15(10)3/h8H,4-7H2,1-3H3,(H,11,16). The zero-order valence-electron chi connectivity index (χ0n) is 10.5. The summed E-state index contributed by atoms with van der Waals surface area (Å²) in [5, 5.41) is 14.9. The Morgan fingerprint density at radius 2 is 2.35 bits per heavy atom. The number of hydrogen-bond acceptors (Lipinski definition) is 5. The summed E-state index contributed by atoms with van der Waals surface area (Å²) in [5.41, 5.74) is 0. The van der Waals surface area contributed by atoms with Crippen molar-refractivity contribution in [1.29, 1.82) is 0 Å². The second-order valence-corrected chi connectivity index (χ2v) is 4.98. The number of aryl methyl sites for hydroxylation is 1. The molecule has 0 aliphatic heterocycles. The number of amides is 1. The molecule has 0 aliphatic rings. The van der Waals surface area contributed by atoms with E-state index in [1.165, 1.54) is 0 Å². The van der Waals surface area contributed by atoms with Crippen LogP contribution in [0.1, 0.15) is 33.1 Å². The van der Waals surface area contributed by atoms with Crippen molar-refractivity contribution in [2.24, 2.45) is 7.05 Å². The summed E-state index contributed by atoms with van der Waals surface area (Å²) in [4.78, 5) is 11.5. The van der Waals surface area contributed by atoms with Crippen molar-refractivity contribution in [3.05, 3.63) is 0 Å². The number of hydrogen-bond donors (Lipinski definition) is 1. The maximum Gasteiger partial charge on any atom is 0.220 e. The average molecular weight is 257 g/mol. The topological polar surface area (TPSA) is 72.7 Å². The third kappa shape index (κ3) is 5.16. The van der Waals surface area contributed by atoms with Crippen molar-refractivity contribution in [2.75, 3.05) is 5.75 Å².